The van der Waals surface area contributed by atoms with Gasteiger partial charge in [0.2, 0.25) is 0 Å². The lowest BCUT2D eigenvalue weighted by atomic mass is 9.95. The zero-order chi connectivity index (χ0) is 18.5. The fourth-order valence-corrected chi connectivity index (χ4v) is 2.66. The molecule has 3 aromatic rings. The molecule has 0 saturated heterocycles. The summed E-state index contributed by atoms with van der Waals surface area (Å²) in [6, 6.07) is 17.7. The summed E-state index contributed by atoms with van der Waals surface area (Å²) in [5, 5.41) is 18.5. The minimum Gasteiger partial charge on any atom is -0.478 e. The first kappa shape index (κ1) is 17.1. The van der Waals surface area contributed by atoms with Crippen molar-refractivity contribution in [3.8, 4) is 0 Å². The largest absolute Gasteiger partial charge is 0.478 e. The van der Waals surface area contributed by atoms with Gasteiger partial charge in [-0.15, -0.1) is 0 Å². The molecule has 2 N–H and O–H groups in total. The van der Waals surface area contributed by atoms with Crippen molar-refractivity contribution >= 4 is 23.6 Å². The van der Waals surface area contributed by atoms with Crippen LogP contribution < -0.4 is 0 Å². The zero-order valence-corrected chi connectivity index (χ0v) is 13.7. The van der Waals surface area contributed by atoms with Crippen molar-refractivity contribution < 1.29 is 19.8 Å². The highest BCUT2D eigenvalue weighted by molar-refractivity contribution is 6.02. The van der Waals surface area contributed by atoms with Gasteiger partial charge in [0.15, 0.2) is 0 Å². The maximum atomic E-state index is 11.4. The standard InChI is InChI=1S/C21H15NO4/c23-20(24)17-7-6-14(13-19(17)21(25)26)12-18(15-4-2-1-3-5-15)16-8-10-22-11-9-16/h1-13H,(H,23,24)(H,25,26). The normalized spacial score (nSPS) is 11.2. The molecule has 0 amide bonds. The third-order valence-corrected chi connectivity index (χ3v) is 3.89. The quantitative estimate of drug-likeness (QED) is 0.681. The molecule has 0 spiro atoms. The maximum absolute atomic E-state index is 11.4. The third kappa shape index (κ3) is 3.67. The minimum absolute atomic E-state index is 0.236. The summed E-state index contributed by atoms with van der Waals surface area (Å²) in [6.07, 6.45) is 5.20. The number of carbonyl (C=O) groups is 2. The van der Waals surface area contributed by atoms with Gasteiger partial charge in [0.05, 0.1) is 11.1 Å². The summed E-state index contributed by atoms with van der Waals surface area (Å²) in [7, 11) is 0. The third-order valence-electron chi connectivity index (χ3n) is 3.89. The van der Waals surface area contributed by atoms with Gasteiger partial charge < -0.3 is 10.2 Å². The molecular weight excluding hydrogens is 330 g/mol. The highest BCUT2D eigenvalue weighted by Crippen LogP contribution is 2.26. The average molecular weight is 345 g/mol. The molecule has 3 rings (SSSR count). The molecule has 0 aliphatic carbocycles. The van der Waals surface area contributed by atoms with E-state index in [9.17, 15) is 14.7 Å². The minimum atomic E-state index is -1.28. The van der Waals surface area contributed by atoms with E-state index in [0.29, 0.717) is 5.56 Å². The number of benzene rings is 2. The molecule has 26 heavy (non-hydrogen) atoms. The Kier molecular flexibility index (Phi) is 4.90. The maximum Gasteiger partial charge on any atom is 0.336 e. The summed E-state index contributed by atoms with van der Waals surface area (Å²) in [6.45, 7) is 0. The Morgan fingerprint density at radius 1 is 0.769 bits per heavy atom. The number of aromatic carboxylic acids is 2. The number of carboxylic acids is 2. The van der Waals surface area contributed by atoms with Crippen molar-refractivity contribution in [2.45, 2.75) is 0 Å². The van der Waals surface area contributed by atoms with Gasteiger partial charge in [-0.2, -0.15) is 0 Å². The van der Waals surface area contributed by atoms with Gasteiger partial charge in [-0.1, -0.05) is 36.4 Å². The van der Waals surface area contributed by atoms with E-state index in [1.165, 1.54) is 12.1 Å². The lowest BCUT2D eigenvalue weighted by Crippen LogP contribution is -2.08. The van der Waals surface area contributed by atoms with Crippen molar-refractivity contribution in [2.75, 3.05) is 0 Å². The monoisotopic (exact) mass is 345 g/mol. The SMILES string of the molecule is O=C(O)c1ccc(C=C(c2ccccc2)c2ccncc2)cc1C(=O)O. The first-order valence-corrected chi connectivity index (χ1v) is 7.84. The first-order valence-electron chi connectivity index (χ1n) is 7.84. The van der Waals surface area contributed by atoms with Gasteiger partial charge >= 0.3 is 11.9 Å². The molecule has 0 aliphatic rings. The summed E-state index contributed by atoms with van der Waals surface area (Å²) >= 11 is 0. The van der Waals surface area contributed by atoms with Crippen LogP contribution in [0, 0.1) is 0 Å². The van der Waals surface area contributed by atoms with Gasteiger partial charge in [-0.25, -0.2) is 9.59 Å². The van der Waals surface area contributed by atoms with E-state index in [1.54, 1.807) is 18.5 Å². The van der Waals surface area contributed by atoms with Gasteiger partial charge in [-0.3, -0.25) is 4.98 Å². The van der Waals surface area contributed by atoms with Crippen LogP contribution in [0.4, 0.5) is 0 Å². The average Bonchev–Trinajstić information content (AvgIpc) is 2.67. The Morgan fingerprint density at radius 3 is 2.00 bits per heavy atom. The Morgan fingerprint density at radius 2 is 1.38 bits per heavy atom. The number of pyridine rings is 1. The molecule has 0 bridgehead atoms. The highest BCUT2D eigenvalue weighted by atomic mass is 16.4. The van der Waals surface area contributed by atoms with Gasteiger partial charge in [0, 0.05) is 12.4 Å². The van der Waals surface area contributed by atoms with Crippen LogP contribution in [-0.2, 0) is 0 Å². The number of hydrogen-bond acceptors (Lipinski definition) is 3. The summed E-state index contributed by atoms with van der Waals surface area (Å²) in [5.41, 5.74) is 2.88. The molecule has 0 aliphatic heterocycles. The molecule has 0 atom stereocenters. The van der Waals surface area contributed by atoms with E-state index in [2.05, 4.69) is 4.98 Å². The van der Waals surface area contributed by atoms with Crippen molar-refractivity contribution in [3.05, 3.63) is 101 Å². The van der Waals surface area contributed by atoms with Crippen LogP contribution in [0.3, 0.4) is 0 Å². The molecule has 1 aromatic heterocycles. The van der Waals surface area contributed by atoms with E-state index < -0.39 is 11.9 Å². The Labute approximate surface area is 149 Å². The summed E-state index contributed by atoms with van der Waals surface area (Å²) in [5.74, 6) is -2.54. The molecule has 5 heteroatoms. The molecule has 0 radical (unpaired) electrons. The van der Waals surface area contributed by atoms with Gasteiger partial charge in [0.1, 0.15) is 0 Å². The second kappa shape index (κ2) is 7.44. The smallest absolute Gasteiger partial charge is 0.336 e. The molecule has 0 saturated carbocycles. The molecular formula is C21H15NO4. The number of nitrogens with zero attached hydrogens (tertiary/aromatic N) is 1. The van der Waals surface area contributed by atoms with E-state index in [1.807, 2.05) is 48.5 Å². The van der Waals surface area contributed by atoms with Gasteiger partial charge in [-0.05, 0) is 52.6 Å². The lowest BCUT2D eigenvalue weighted by molar-refractivity contribution is 0.0651. The number of rotatable bonds is 5. The summed E-state index contributed by atoms with van der Waals surface area (Å²) < 4.78 is 0. The summed E-state index contributed by atoms with van der Waals surface area (Å²) in [4.78, 5) is 26.7. The second-order valence-electron chi connectivity index (χ2n) is 5.58. The highest BCUT2D eigenvalue weighted by Gasteiger charge is 2.16. The van der Waals surface area contributed by atoms with Crippen LogP contribution in [-0.4, -0.2) is 27.1 Å². The van der Waals surface area contributed by atoms with Crippen LogP contribution in [0.15, 0.2) is 73.1 Å². The lowest BCUT2D eigenvalue weighted by Gasteiger charge is -2.10. The zero-order valence-electron chi connectivity index (χ0n) is 13.7. The molecule has 0 unspecified atom stereocenters. The van der Waals surface area contributed by atoms with Crippen LogP contribution >= 0.6 is 0 Å². The number of hydrogen-bond donors (Lipinski definition) is 2. The van der Waals surface area contributed by atoms with Gasteiger partial charge in [0.25, 0.3) is 0 Å². The van der Waals surface area contributed by atoms with Crippen LogP contribution in [0.1, 0.15) is 37.4 Å². The fourth-order valence-electron chi connectivity index (χ4n) is 2.66. The van der Waals surface area contributed by atoms with Crippen molar-refractivity contribution in [1.29, 1.82) is 0 Å². The molecule has 2 aromatic carbocycles. The van der Waals surface area contributed by atoms with Crippen LogP contribution in [0.25, 0.3) is 11.6 Å². The number of aromatic nitrogens is 1. The van der Waals surface area contributed by atoms with Crippen molar-refractivity contribution in [2.24, 2.45) is 0 Å². The van der Waals surface area contributed by atoms with E-state index in [4.69, 9.17) is 5.11 Å². The second-order valence-corrected chi connectivity index (χ2v) is 5.58. The molecule has 5 nitrogen and oxygen atoms in total. The molecule has 1 heterocycles. The van der Waals surface area contributed by atoms with E-state index in [-0.39, 0.29) is 11.1 Å². The predicted molar refractivity (Wildman–Crippen MR) is 98.0 cm³/mol. The van der Waals surface area contributed by atoms with Crippen LogP contribution in [0.2, 0.25) is 0 Å². The predicted octanol–water partition coefficient (Wildman–Crippen LogP) is 4.07. The van der Waals surface area contributed by atoms with Crippen LogP contribution in [0.5, 0.6) is 0 Å². The first-order chi connectivity index (χ1) is 12.6. The molecule has 128 valence electrons. The Hall–Kier alpha value is -3.73. The van der Waals surface area contributed by atoms with Crippen molar-refractivity contribution in [3.63, 3.8) is 0 Å². The topological polar surface area (TPSA) is 87.5 Å². The van der Waals surface area contributed by atoms with E-state index in [0.717, 1.165) is 16.7 Å². The Balaban J connectivity index is 2.16. The Bertz CT molecular complexity index is 938. The molecule has 0 fully saturated rings. The number of carboxylic acid groups (broad SMARTS) is 2. The fraction of sp³-hybridized carbons (Fsp3) is 0. The van der Waals surface area contributed by atoms with Crippen molar-refractivity contribution in [1.82, 2.24) is 4.98 Å². The van der Waals surface area contributed by atoms with E-state index >= 15 is 0 Å².